The van der Waals surface area contributed by atoms with Gasteiger partial charge in [0.05, 0.1) is 6.61 Å². The summed E-state index contributed by atoms with van der Waals surface area (Å²) in [4.78, 5) is 30.3. The number of amides is 2. The number of hydrogen-bond donors (Lipinski definition) is 0. The molecule has 34 heavy (non-hydrogen) atoms. The van der Waals surface area contributed by atoms with E-state index in [-0.39, 0.29) is 43.4 Å². The van der Waals surface area contributed by atoms with Gasteiger partial charge in [-0.3, -0.25) is 9.59 Å². The predicted molar refractivity (Wildman–Crippen MR) is 127 cm³/mol. The molecule has 0 aromatic heterocycles. The molecule has 8 heteroatoms. The molecule has 0 N–H and O–H groups in total. The lowest BCUT2D eigenvalue weighted by Crippen LogP contribution is -2.53. The van der Waals surface area contributed by atoms with E-state index in [0.29, 0.717) is 36.9 Å². The Labute approximate surface area is 205 Å². The summed E-state index contributed by atoms with van der Waals surface area (Å²) in [5, 5.41) is 0.575. The minimum atomic E-state index is -2.66. The van der Waals surface area contributed by atoms with Crippen molar-refractivity contribution >= 4 is 23.4 Å². The third-order valence-corrected chi connectivity index (χ3v) is 7.85. The van der Waals surface area contributed by atoms with Crippen molar-refractivity contribution < 1.29 is 23.1 Å². The summed E-state index contributed by atoms with van der Waals surface area (Å²) >= 11 is 6.11. The van der Waals surface area contributed by atoms with E-state index < -0.39 is 11.3 Å². The first-order chi connectivity index (χ1) is 16.3. The van der Waals surface area contributed by atoms with Crippen molar-refractivity contribution in [2.45, 2.75) is 70.1 Å². The minimum Gasteiger partial charge on any atom is -0.493 e. The Bertz CT molecular complexity index is 867. The molecule has 0 radical (unpaired) electrons. The maximum atomic E-state index is 13.6. The molecular formula is C26H35ClF2N2O3. The maximum Gasteiger partial charge on any atom is 0.248 e. The van der Waals surface area contributed by atoms with Crippen molar-refractivity contribution in [3.63, 3.8) is 0 Å². The van der Waals surface area contributed by atoms with Gasteiger partial charge < -0.3 is 14.5 Å². The third kappa shape index (κ3) is 6.41. The zero-order chi connectivity index (χ0) is 24.2. The van der Waals surface area contributed by atoms with Crippen LogP contribution in [0.15, 0.2) is 24.3 Å². The van der Waals surface area contributed by atoms with E-state index in [1.54, 1.807) is 12.1 Å². The van der Waals surface area contributed by atoms with E-state index >= 15 is 0 Å². The number of alkyl halides is 2. The highest BCUT2D eigenvalue weighted by Gasteiger charge is 2.44. The fourth-order valence-corrected chi connectivity index (χ4v) is 5.80. The maximum absolute atomic E-state index is 13.6. The number of halogens is 3. The van der Waals surface area contributed by atoms with E-state index in [1.165, 1.54) is 0 Å². The van der Waals surface area contributed by atoms with Gasteiger partial charge in [0.25, 0.3) is 0 Å². The molecule has 2 heterocycles. The van der Waals surface area contributed by atoms with E-state index in [0.717, 1.165) is 45.2 Å². The summed E-state index contributed by atoms with van der Waals surface area (Å²) in [7, 11) is 0. The molecule has 188 valence electrons. The zero-order valence-electron chi connectivity index (χ0n) is 19.7. The molecule has 1 atom stereocenters. The largest absolute Gasteiger partial charge is 0.493 e. The second-order valence-corrected chi connectivity index (χ2v) is 10.8. The molecule has 1 aliphatic carbocycles. The lowest BCUT2D eigenvalue weighted by Gasteiger charge is -2.44. The van der Waals surface area contributed by atoms with Gasteiger partial charge in [-0.2, -0.15) is 0 Å². The SMILES string of the molecule is O=C(C[C@@]1(COc2cccc(Cl)c2)CCCN(C(=O)C2CCC(F)(F)CC2)C1)N1CCCCC1. The van der Waals surface area contributed by atoms with Crippen LogP contribution >= 0.6 is 11.6 Å². The van der Waals surface area contributed by atoms with Gasteiger partial charge in [0, 0.05) is 61.8 Å². The molecule has 1 aromatic carbocycles. The Hall–Kier alpha value is -1.89. The van der Waals surface area contributed by atoms with Crippen LogP contribution in [0.25, 0.3) is 0 Å². The molecule has 5 nitrogen and oxygen atoms in total. The van der Waals surface area contributed by atoms with Crippen LogP contribution < -0.4 is 4.74 Å². The van der Waals surface area contributed by atoms with Crippen molar-refractivity contribution in [2.75, 3.05) is 32.8 Å². The normalized spacial score (nSPS) is 25.7. The fraction of sp³-hybridized carbons (Fsp3) is 0.692. The lowest BCUT2D eigenvalue weighted by molar-refractivity contribution is -0.147. The molecule has 0 bridgehead atoms. The Morgan fingerprint density at radius 2 is 1.71 bits per heavy atom. The topological polar surface area (TPSA) is 49.9 Å². The van der Waals surface area contributed by atoms with Gasteiger partial charge in [0.1, 0.15) is 5.75 Å². The van der Waals surface area contributed by atoms with Crippen LogP contribution in [0.4, 0.5) is 8.78 Å². The van der Waals surface area contributed by atoms with Crippen LogP contribution in [0, 0.1) is 11.3 Å². The molecule has 0 unspecified atom stereocenters. The van der Waals surface area contributed by atoms with Crippen LogP contribution in [0.1, 0.15) is 64.2 Å². The molecular weight excluding hydrogens is 462 g/mol. The Morgan fingerprint density at radius 3 is 2.41 bits per heavy atom. The molecule has 3 fully saturated rings. The Morgan fingerprint density at radius 1 is 1.00 bits per heavy atom. The number of ether oxygens (including phenoxy) is 1. The van der Waals surface area contributed by atoms with Gasteiger partial charge >= 0.3 is 0 Å². The molecule has 4 rings (SSSR count). The number of nitrogens with zero attached hydrogens (tertiary/aromatic N) is 2. The summed E-state index contributed by atoms with van der Waals surface area (Å²) in [5.41, 5.74) is -0.511. The average Bonchev–Trinajstić information content (AvgIpc) is 2.83. The first-order valence-corrected chi connectivity index (χ1v) is 13.0. The summed E-state index contributed by atoms with van der Waals surface area (Å²) in [6.45, 7) is 2.88. The second-order valence-electron chi connectivity index (χ2n) is 10.4. The smallest absolute Gasteiger partial charge is 0.248 e. The Kier molecular flexibility index (Phi) is 8.01. The zero-order valence-corrected chi connectivity index (χ0v) is 20.5. The Balaban J connectivity index is 1.47. The third-order valence-electron chi connectivity index (χ3n) is 7.62. The van der Waals surface area contributed by atoms with Crippen molar-refractivity contribution in [1.82, 2.24) is 9.80 Å². The highest BCUT2D eigenvalue weighted by Crippen LogP contribution is 2.40. The number of piperidine rings is 2. The second kappa shape index (κ2) is 10.8. The van der Waals surface area contributed by atoms with Gasteiger partial charge in [0.15, 0.2) is 0 Å². The lowest BCUT2D eigenvalue weighted by atomic mass is 9.76. The van der Waals surface area contributed by atoms with Crippen LogP contribution in [0.2, 0.25) is 5.02 Å². The van der Waals surface area contributed by atoms with Crippen LogP contribution in [-0.4, -0.2) is 60.3 Å². The number of hydrogen-bond acceptors (Lipinski definition) is 3. The molecule has 0 spiro atoms. The number of benzene rings is 1. The number of carbonyl (C=O) groups is 2. The van der Waals surface area contributed by atoms with Crippen molar-refractivity contribution in [3.05, 3.63) is 29.3 Å². The standard InChI is InChI=1S/C26H35ClF2N2O3/c27-21-6-4-7-22(16-21)34-19-25(17-23(32)30-13-2-1-3-14-30)10-5-15-31(18-25)24(33)20-8-11-26(28,29)12-9-20/h4,6-7,16,20H,1-3,5,8-15,17-19H2/t25-/m0/s1. The van der Waals surface area contributed by atoms with Gasteiger partial charge in [-0.05, 0) is 63.1 Å². The first kappa shape index (κ1) is 25.2. The van der Waals surface area contributed by atoms with Crippen LogP contribution in [0.3, 0.4) is 0 Å². The summed E-state index contributed by atoms with van der Waals surface area (Å²) in [6.07, 6.45) is 5.04. The molecule has 3 aliphatic rings. The van der Waals surface area contributed by atoms with Gasteiger partial charge in [-0.15, -0.1) is 0 Å². The minimum absolute atomic E-state index is 0.0484. The van der Waals surface area contributed by atoms with Crippen molar-refractivity contribution in [2.24, 2.45) is 11.3 Å². The summed E-state index contributed by atoms with van der Waals surface area (Å²) in [6, 6.07) is 7.17. The molecule has 2 aliphatic heterocycles. The van der Waals surface area contributed by atoms with Gasteiger partial charge in [-0.25, -0.2) is 8.78 Å². The highest BCUT2D eigenvalue weighted by molar-refractivity contribution is 6.30. The molecule has 2 saturated heterocycles. The van der Waals surface area contributed by atoms with E-state index in [1.807, 2.05) is 21.9 Å². The fourth-order valence-electron chi connectivity index (χ4n) is 5.62. The molecule has 1 saturated carbocycles. The van der Waals surface area contributed by atoms with E-state index in [4.69, 9.17) is 16.3 Å². The first-order valence-electron chi connectivity index (χ1n) is 12.6. The van der Waals surface area contributed by atoms with Gasteiger partial charge in [0.2, 0.25) is 17.7 Å². The van der Waals surface area contributed by atoms with Crippen molar-refractivity contribution in [1.29, 1.82) is 0 Å². The quantitative estimate of drug-likeness (QED) is 0.518. The molecule has 2 amide bonds. The van der Waals surface area contributed by atoms with Crippen LogP contribution in [0.5, 0.6) is 5.75 Å². The van der Waals surface area contributed by atoms with Gasteiger partial charge in [-0.1, -0.05) is 17.7 Å². The van der Waals surface area contributed by atoms with E-state index in [2.05, 4.69) is 0 Å². The van der Waals surface area contributed by atoms with Crippen LogP contribution in [-0.2, 0) is 9.59 Å². The number of rotatable bonds is 6. The highest BCUT2D eigenvalue weighted by atomic mass is 35.5. The number of likely N-dealkylation sites (tertiary alicyclic amines) is 2. The van der Waals surface area contributed by atoms with Crippen molar-refractivity contribution in [3.8, 4) is 5.75 Å². The molecule has 1 aromatic rings. The average molecular weight is 497 g/mol. The monoisotopic (exact) mass is 496 g/mol. The van der Waals surface area contributed by atoms with E-state index in [9.17, 15) is 18.4 Å². The summed E-state index contributed by atoms with van der Waals surface area (Å²) in [5.74, 6) is -2.32. The number of carbonyl (C=O) groups excluding carboxylic acids is 2. The predicted octanol–water partition coefficient (Wildman–Crippen LogP) is 5.56. The summed E-state index contributed by atoms with van der Waals surface area (Å²) < 4.78 is 33.4.